The van der Waals surface area contributed by atoms with Crippen molar-refractivity contribution in [1.82, 2.24) is 15.2 Å². The van der Waals surface area contributed by atoms with Crippen molar-refractivity contribution in [3.63, 3.8) is 0 Å². The largest absolute Gasteiger partial charge is 0.417 e. The second-order valence-corrected chi connectivity index (χ2v) is 7.61. The lowest BCUT2D eigenvalue weighted by atomic mass is 10.1. The highest BCUT2D eigenvalue weighted by atomic mass is 35.5. The Morgan fingerprint density at radius 3 is 2.50 bits per heavy atom. The number of hydrogen-bond acceptors (Lipinski definition) is 3. The van der Waals surface area contributed by atoms with Crippen LogP contribution in [0.5, 0.6) is 0 Å². The van der Waals surface area contributed by atoms with Crippen molar-refractivity contribution in [2.24, 2.45) is 0 Å². The zero-order valence-corrected chi connectivity index (χ0v) is 17.1. The molecule has 1 N–H and O–H groups in total. The number of nitrogens with zero attached hydrogens (tertiary/aromatic N) is 3. The molecule has 1 fully saturated rings. The number of carbonyl (C=O) groups excluding carboxylic acids is 1. The van der Waals surface area contributed by atoms with Crippen LogP contribution in [0.2, 0.25) is 5.02 Å². The van der Waals surface area contributed by atoms with Gasteiger partial charge in [-0.2, -0.15) is 13.2 Å². The molecule has 0 unspecified atom stereocenters. The van der Waals surface area contributed by atoms with Gasteiger partial charge in [-0.25, -0.2) is 9.78 Å². The number of pyridine rings is 1. The quantitative estimate of drug-likeness (QED) is 0.635. The molecule has 2 amide bonds. The highest BCUT2D eigenvalue weighted by molar-refractivity contribution is 6.33. The van der Waals surface area contributed by atoms with E-state index in [4.69, 9.17) is 11.6 Å². The Labute approximate surface area is 169 Å². The van der Waals surface area contributed by atoms with Gasteiger partial charge in [-0.15, -0.1) is 0 Å². The minimum Gasteiger partial charge on any atom is -0.352 e. The molecule has 0 aromatic carbocycles. The molecule has 1 saturated heterocycles. The maximum atomic E-state index is 12.7. The smallest absolute Gasteiger partial charge is 0.352 e. The Bertz CT molecular complexity index is 649. The average Bonchev–Trinajstić information content (AvgIpc) is 2.64. The number of carbonyl (C=O) groups is 1. The first-order chi connectivity index (χ1) is 13.2. The molecule has 2 heterocycles. The predicted octanol–water partition coefficient (Wildman–Crippen LogP) is 4.94. The summed E-state index contributed by atoms with van der Waals surface area (Å²) in [6, 6.07) is 0.908. The van der Waals surface area contributed by atoms with Gasteiger partial charge in [0.05, 0.1) is 10.6 Å². The second-order valence-electron chi connectivity index (χ2n) is 7.20. The number of aromatic nitrogens is 1. The Balaban J connectivity index is 1.83. The first-order valence-electron chi connectivity index (χ1n) is 9.75. The second kappa shape index (κ2) is 10.2. The first-order valence-corrected chi connectivity index (χ1v) is 10.1. The van der Waals surface area contributed by atoms with Crippen LogP contribution < -0.4 is 10.2 Å². The summed E-state index contributed by atoms with van der Waals surface area (Å²) in [6.45, 7) is 6.04. The first kappa shape index (κ1) is 22.6. The monoisotopic (exact) mass is 420 g/mol. The van der Waals surface area contributed by atoms with Crippen molar-refractivity contribution < 1.29 is 18.0 Å². The number of urea groups is 1. The van der Waals surface area contributed by atoms with Gasteiger partial charge in [0.1, 0.15) is 5.82 Å². The number of amides is 2. The normalized spacial score (nSPS) is 16.2. The number of rotatable bonds is 7. The lowest BCUT2D eigenvalue weighted by Crippen LogP contribution is -2.53. The summed E-state index contributed by atoms with van der Waals surface area (Å²) >= 11 is 6.01. The van der Waals surface area contributed by atoms with E-state index >= 15 is 0 Å². The molecule has 1 atom stereocenters. The van der Waals surface area contributed by atoms with Crippen molar-refractivity contribution in [1.29, 1.82) is 0 Å². The summed E-state index contributed by atoms with van der Waals surface area (Å²) in [5.41, 5.74) is -0.868. The van der Waals surface area contributed by atoms with Crippen LogP contribution in [0.1, 0.15) is 51.5 Å². The highest BCUT2D eigenvalue weighted by Gasteiger charge is 2.32. The highest BCUT2D eigenvalue weighted by Crippen LogP contribution is 2.33. The molecule has 0 aliphatic carbocycles. The molecule has 9 heteroatoms. The zero-order chi connectivity index (χ0) is 20.7. The lowest BCUT2D eigenvalue weighted by Gasteiger charge is -2.36. The van der Waals surface area contributed by atoms with Crippen molar-refractivity contribution in [3.05, 3.63) is 22.8 Å². The Hall–Kier alpha value is -1.70. The predicted molar refractivity (Wildman–Crippen MR) is 105 cm³/mol. The molecular weight excluding hydrogens is 393 g/mol. The fourth-order valence-corrected chi connectivity index (χ4v) is 3.48. The lowest BCUT2D eigenvalue weighted by molar-refractivity contribution is -0.137. The van der Waals surface area contributed by atoms with Crippen LogP contribution in [-0.2, 0) is 6.18 Å². The summed E-state index contributed by atoms with van der Waals surface area (Å²) in [5.74, 6) is 0.319. The fourth-order valence-electron chi connectivity index (χ4n) is 3.19. The number of halogens is 4. The van der Waals surface area contributed by atoms with Crippen LogP contribution in [0.15, 0.2) is 12.3 Å². The minimum absolute atomic E-state index is 0.0339. The van der Waals surface area contributed by atoms with Gasteiger partial charge in [0.2, 0.25) is 0 Å². The number of unbranched alkanes of at least 4 members (excludes halogenated alkanes) is 3. The molecule has 0 radical (unpaired) electrons. The van der Waals surface area contributed by atoms with E-state index in [2.05, 4.69) is 17.2 Å². The third-order valence-electron chi connectivity index (χ3n) is 4.88. The van der Waals surface area contributed by atoms with E-state index in [1.54, 1.807) is 9.80 Å². The Morgan fingerprint density at radius 2 is 1.93 bits per heavy atom. The van der Waals surface area contributed by atoms with Crippen LogP contribution in [0, 0.1) is 0 Å². The van der Waals surface area contributed by atoms with Crippen LogP contribution in [0.25, 0.3) is 0 Å². The number of anilines is 1. The minimum atomic E-state index is -4.47. The summed E-state index contributed by atoms with van der Waals surface area (Å²) in [6.07, 6.45) is 1.94. The van der Waals surface area contributed by atoms with Crippen molar-refractivity contribution >= 4 is 23.4 Å². The summed E-state index contributed by atoms with van der Waals surface area (Å²) in [7, 11) is 0. The van der Waals surface area contributed by atoms with Gasteiger partial charge in [0.15, 0.2) is 0 Å². The molecule has 2 rings (SSSR count). The molecule has 1 aromatic rings. The van der Waals surface area contributed by atoms with E-state index in [-0.39, 0.29) is 17.1 Å². The summed E-state index contributed by atoms with van der Waals surface area (Å²) in [5, 5.41) is 2.98. The van der Waals surface area contributed by atoms with Crippen LogP contribution in [0.4, 0.5) is 23.8 Å². The van der Waals surface area contributed by atoms with Gasteiger partial charge >= 0.3 is 12.2 Å². The number of hydrogen-bond donors (Lipinski definition) is 1. The molecule has 158 valence electrons. The van der Waals surface area contributed by atoms with Gasteiger partial charge in [-0.3, -0.25) is 0 Å². The molecule has 28 heavy (non-hydrogen) atoms. The van der Waals surface area contributed by atoms with Crippen molar-refractivity contribution in [2.45, 2.75) is 58.2 Å². The van der Waals surface area contributed by atoms with Crippen LogP contribution >= 0.6 is 11.6 Å². The zero-order valence-electron chi connectivity index (χ0n) is 16.4. The van der Waals surface area contributed by atoms with Crippen LogP contribution in [-0.4, -0.2) is 48.1 Å². The number of alkyl halides is 3. The van der Waals surface area contributed by atoms with Crippen LogP contribution in [0.3, 0.4) is 0 Å². The number of piperazine rings is 1. The Kier molecular flexibility index (Phi) is 8.22. The summed E-state index contributed by atoms with van der Waals surface area (Å²) < 4.78 is 38.2. The maximum absolute atomic E-state index is 12.7. The molecule has 0 saturated carbocycles. The van der Waals surface area contributed by atoms with E-state index in [0.29, 0.717) is 32.0 Å². The standard InChI is InChI=1S/C19H28ClF3N4O/c1-3-4-5-6-7-14(2)25-18(28)27-10-8-26(9-11-27)17-16(20)12-15(13-24-17)19(21,22)23/h12-14H,3-11H2,1-2H3,(H,25,28)/t14-/m1/s1. The van der Waals surface area contributed by atoms with Gasteiger partial charge in [-0.1, -0.05) is 44.2 Å². The van der Waals surface area contributed by atoms with Gasteiger partial charge in [0, 0.05) is 38.4 Å². The van der Waals surface area contributed by atoms with Gasteiger partial charge in [-0.05, 0) is 19.4 Å². The topological polar surface area (TPSA) is 48.5 Å². The maximum Gasteiger partial charge on any atom is 0.417 e. The van der Waals surface area contributed by atoms with E-state index < -0.39 is 11.7 Å². The van der Waals surface area contributed by atoms with Gasteiger partial charge < -0.3 is 15.1 Å². The SMILES string of the molecule is CCCCCC[C@@H](C)NC(=O)N1CCN(c2ncc(C(F)(F)F)cc2Cl)CC1. The Morgan fingerprint density at radius 1 is 1.25 bits per heavy atom. The van der Waals surface area contributed by atoms with E-state index in [1.165, 1.54) is 19.3 Å². The molecule has 1 aliphatic rings. The molecule has 0 spiro atoms. The number of nitrogens with one attached hydrogen (secondary N) is 1. The molecular formula is C19H28ClF3N4O. The van der Waals surface area contributed by atoms with Crippen molar-refractivity contribution in [3.8, 4) is 0 Å². The third-order valence-corrected chi connectivity index (χ3v) is 5.15. The summed E-state index contributed by atoms with van der Waals surface area (Å²) in [4.78, 5) is 19.8. The molecule has 1 aromatic heterocycles. The van der Waals surface area contributed by atoms with E-state index in [9.17, 15) is 18.0 Å². The fraction of sp³-hybridized carbons (Fsp3) is 0.684. The third kappa shape index (κ3) is 6.43. The van der Waals surface area contributed by atoms with E-state index in [0.717, 1.165) is 25.1 Å². The molecule has 0 bridgehead atoms. The molecule has 5 nitrogen and oxygen atoms in total. The molecule has 1 aliphatic heterocycles. The van der Waals surface area contributed by atoms with Gasteiger partial charge in [0.25, 0.3) is 0 Å². The van der Waals surface area contributed by atoms with Crippen molar-refractivity contribution in [2.75, 3.05) is 31.1 Å². The average molecular weight is 421 g/mol. The van der Waals surface area contributed by atoms with E-state index in [1.807, 2.05) is 6.92 Å².